The van der Waals surface area contributed by atoms with Gasteiger partial charge in [-0.2, -0.15) is 8.88 Å². The Kier molecular flexibility index (Phi) is 12.3. The minimum Gasteiger partial charge on any atom is -0.387 e. The molecule has 5 heterocycles. The SMILES string of the molecule is NC(=O)c1ccc[n+]([C@@H]2O[C@H](COP(=O)(O)OP(=O)(O)OC[C@H]3O[C@@H](n4cnc5c(N)ncnc54)[C@H](OP(=O)(O)OCc4ccccc4)[C@@H]3O)[C@@H](O)[C@H]2O)c1. The fourth-order valence-corrected chi connectivity index (χ4v) is 8.59. The van der Waals surface area contributed by atoms with Gasteiger partial charge in [0.05, 0.1) is 26.1 Å². The molecule has 3 aromatic heterocycles. The highest BCUT2D eigenvalue weighted by atomic mass is 31.3. The van der Waals surface area contributed by atoms with Gasteiger partial charge in [0.1, 0.15) is 47.9 Å². The fourth-order valence-electron chi connectivity index (χ4n) is 5.59. The van der Waals surface area contributed by atoms with Crippen LogP contribution in [0.25, 0.3) is 11.2 Å². The summed E-state index contributed by atoms with van der Waals surface area (Å²) in [5.74, 6) is -0.822. The number of pyridine rings is 1. The number of nitrogen functional groups attached to an aromatic ring is 1. The Balaban J connectivity index is 1.10. The number of aliphatic hydroxyl groups excluding tert-OH is 3. The third-order valence-electron chi connectivity index (χ3n) is 8.21. The molecule has 0 aliphatic carbocycles. The number of carbonyl (C=O) groups excluding carboxylic acids is 1. The first-order valence-corrected chi connectivity index (χ1v) is 20.4. The predicted octanol–water partition coefficient (Wildman–Crippen LogP) is -0.674. The Labute approximate surface area is 309 Å². The van der Waals surface area contributed by atoms with Crippen LogP contribution in [0.1, 0.15) is 28.4 Å². The molecule has 11 atom stereocenters. The molecule has 1 amide bonds. The predicted molar refractivity (Wildman–Crippen MR) is 179 cm³/mol. The number of phosphoric acid groups is 3. The molecular weight excluding hydrogens is 799 g/mol. The number of aliphatic hydroxyl groups is 3. The van der Waals surface area contributed by atoms with Crippen molar-refractivity contribution >= 4 is 46.4 Å². The van der Waals surface area contributed by atoms with Gasteiger partial charge in [0, 0.05) is 6.07 Å². The summed E-state index contributed by atoms with van der Waals surface area (Å²) in [6.07, 6.45) is -8.07. The summed E-state index contributed by atoms with van der Waals surface area (Å²) in [6, 6.07) is 11.1. The van der Waals surface area contributed by atoms with Crippen LogP contribution in [-0.4, -0.2) is 105 Å². The van der Waals surface area contributed by atoms with Gasteiger partial charge < -0.3 is 50.9 Å². The smallest absolute Gasteiger partial charge is 0.387 e. The number of fused-ring (bicyclic) bond motifs is 1. The standard InChI is InChI=1S/C28H34N7O17P3/c29-24-19-26(32-13-31-24)35(14-33-19)28-23(51-53(40,41)46-10-15-5-2-1-3-6-15)21(37)18(50-28)12-48-55(44,45)52-54(42,43)47-11-17-20(36)22(38)27(49-17)34-8-4-7-16(9-34)25(30)39/h1-9,13-14,17-18,20-23,27-28,36-38H,10-12H2,(H6-,29,30,31,32,39,40,41,42,43,44,45)/p+1/t17-,18-,20-,21-,22-,23-,27-,28-/m1/s1. The monoisotopic (exact) mass is 834 g/mol. The highest BCUT2D eigenvalue weighted by Crippen LogP contribution is 2.61. The van der Waals surface area contributed by atoms with E-state index >= 15 is 0 Å². The van der Waals surface area contributed by atoms with E-state index in [-0.39, 0.29) is 29.2 Å². The summed E-state index contributed by atoms with van der Waals surface area (Å²) < 4.78 is 76.6. The number of hydrogen-bond donors (Lipinski definition) is 8. The number of rotatable bonds is 16. The number of anilines is 1. The zero-order valence-electron chi connectivity index (χ0n) is 28.0. The first-order valence-electron chi connectivity index (χ1n) is 15.9. The highest BCUT2D eigenvalue weighted by Gasteiger charge is 2.52. The number of carbonyl (C=O) groups is 1. The second-order valence-corrected chi connectivity index (χ2v) is 16.4. The third-order valence-corrected chi connectivity index (χ3v) is 11.8. The maximum Gasteiger partial charge on any atom is 0.481 e. The Bertz CT molecular complexity index is 2150. The van der Waals surface area contributed by atoms with Crippen LogP contribution in [0.2, 0.25) is 0 Å². The number of benzene rings is 1. The molecule has 0 radical (unpaired) electrons. The van der Waals surface area contributed by atoms with E-state index in [1.807, 2.05) is 0 Å². The van der Waals surface area contributed by atoms with Crippen molar-refractivity contribution in [3.8, 4) is 0 Å². The average Bonchev–Trinajstić information content (AvgIpc) is 3.79. The number of phosphoric ester groups is 3. The van der Waals surface area contributed by atoms with Gasteiger partial charge in [-0.25, -0.2) is 28.6 Å². The molecule has 27 heteroatoms. The van der Waals surface area contributed by atoms with Crippen LogP contribution < -0.4 is 16.0 Å². The zero-order chi connectivity index (χ0) is 39.7. The van der Waals surface area contributed by atoms with E-state index in [1.165, 1.54) is 33.7 Å². The number of aromatic nitrogens is 5. The number of imidazole rings is 1. The van der Waals surface area contributed by atoms with E-state index in [0.29, 0.717) is 5.56 Å². The fraction of sp³-hybridized carbons (Fsp3) is 0.393. The van der Waals surface area contributed by atoms with Gasteiger partial charge in [-0.15, -0.1) is 0 Å². The molecule has 10 N–H and O–H groups in total. The first kappa shape index (κ1) is 41.0. The normalized spacial score (nSPS) is 28.8. The molecule has 0 spiro atoms. The second kappa shape index (κ2) is 16.5. The van der Waals surface area contributed by atoms with Gasteiger partial charge in [0.25, 0.3) is 12.1 Å². The van der Waals surface area contributed by atoms with Crippen LogP contribution in [0.3, 0.4) is 0 Å². The maximum atomic E-state index is 13.0. The average molecular weight is 835 g/mol. The molecule has 2 saturated heterocycles. The van der Waals surface area contributed by atoms with E-state index in [0.717, 1.165) is 12.7 Å². The molecule has 0 saturated carbocycles. The third kappa shape index (κ3) is 9.67. The van der Waals surface area contributed by atoms with Crippen LogP contribution >= 0.6 is 23.5 Å². The number of primary amides is 1. The number of hydrogen-bond acceptors (Lipinski definition) is 18. The van der Waals surface area contributed by atoms with Crippen LogP contribution in [-0.2, 0) is 52.2 Å². The van der Waals surface area contributed by atoms with E-state index in [9.17, 15) is 48.5 Å². The molecule has 2 fully saturated rings. The lowest BCUT2D eigenvalue weighted by atomic mass is 10.1. The highest BCUT2D eigenvalue weighted by molar-refractivity contribution is 7.61. The number of nitrogens with two attached hydrogens (primary N) is 2. The largest absolute Gasteiger partial charge is 0.481 e. The lowest BCUT2D eigenvalue weighted by molar-refractivity contribution is -0.765. The first-order chi connectivity index (χ1) is 25.9. The topological polar surface area (TPSA) is 354 Å². The quantitative estimate of drug-likeness (QED) is 0.0512. The van der Waals surface area contributed by atoms with Gasteiger partial charge in [0.2, 0.25) is 0 Å². The molecule has 4 aromatic rings. The van der Waals surface area contributed by atoms with Crippen molar-refractivity contribution in [2.24, 2.45) is 5.73 Å². The van der Waals surface area contributed by atoms with Crippen LogP contribution in [0.15, 0.2) is 67.5 Å². The van der Waals surface area contributed by atoms with E-state index < -0.39 is 91.7 Å². The summed E-state index contributed by atoms with van der Waals surface area (Å²) >= 11 is 0. The molecule has 1 aromatic carbocycles. The molecular formula is C28H35N7O17P3+. The summed E-state index contributed by atoms with van der Waals surface area (Å²) in [7, 11) is -16.0. The van der Waals surface area contributed by atoms with Gasteiger partial charge in [0.15, 0.2) is 36.2 Å². The number of amides is 1. The second-order valence-electron chi connectivity index (χ2n) is 12.0. The zero-order valence-corrected chi connectivity index (χ0v) is 30.7. The molecule has 6 rings (SSSR count). The number of nitrogens with zero attached hydrogens (tertiary/aromatic N) is 5. The van der Waals surface area contributed by atoms with Crippen molar-refractivity contribution < 1.29 is 84.9 Å². The van der Waals surface area contributed by atoms with Gasteiger partial charge in [-0.1, -0.05) is 30.3 Å². The van der Waals surface area contributed by atoms with Crippen LogP contribution in [0.4, 0.5) is 5.82 Å². The molecule has 2 aliphatic rings. The summed E-state index contributed by atoms with van der Waals surface area (Å²) in [5.41, 5.74) is 11.8. The minimum atomic E-state index is -5.54. The lowest BCUT2D eigenvalue weighted by Gasteiger charge is -2.24. The number of ether oxygens (including phenoxy) is 2. The van der Waals surface area contributed by atoms with Crippen LogP contribution in [0.5, 0.6) is 0 Å². The van der Waals surface area contributed by atoms with Crippen molar-refractivity contribution in [3.05, 3.63) is 78.6 Å². The van der Waals surface area contributed by atoms with E-state index in [4.69, 9.17) is 39.0 Å². The lowest BCUT2D eigenvalue weighted by Crippen LogP contribution is -2.46. The van der Waals surface area contributed by atoms with Crippen molar-refractivity contribution in [1.29, 1.82) is 0 Å². The van der Waals surface area contributed by atoms with Crippen molar-refractivity contribution in [2.45, 2.75) is 55.7 Å². The summed E-state index contributed by atoms with van der Waals surface area (Å²) in [5, 5.41) is 32.1. The molecule has 0 bridgehead atoms. The van der Waals surface area contributed by atoms with Crippen molar-refractivity contribution in [2.75, 3.05) is 18.9 Å². The maximum absolute atomic E-state index is 13.0. The van der Waals surface area contributed by atoms with Gasteiger partial charge in [-0.05, 0) is 11.6 Å². The van der Waals surface area contributed by atoms with Crippen molar-refractivity contribution in [1.82, 2.24) is 19.5 Å². The van der Waals surface area contributed by atoms with Crippen LogP contribution in [0, 0.1) is 0 Å². The molecule has 2 aliphatic heterocycles. The molecule has 298 valence electrons. The molecule has 3 unspecified atom stereocenters. The van der Waals surface area contributed by atoms with Crippen molar-refractivity contribution in [3.63, 3.8) is 0 Å². The van der Waals surface area contributed by atoms with E-state index in [1.54, 1.807) is 30.3 Å². The Morgan fingerprint density at radius 1 is 0.855 bits per heavy atom. The van der Waals surface area contributed by atoms with Gasteiger partial charge >= 0.3 is 23.5 Å². The minimum absolute atomic E-state index is 0.0356. The van der Waals surface area contributed by atoms with E-state index in [2.05, 4.69) is 19.3 Å². The molecule has 55 heavy (non-hydrogen) atoms. The Morgan fingerprint density at radius 3 is 2.20 bits per heavy atom. The Hall–Kier alpha value is -3.64. The summed E-state index contributed by atoms with van der Waals surface area (Å²) in [4.78, 5) is 54.6. The Morgan fingerprint density at radius 2 is 1.53 bits per heavy atom. The summed E-state index contributed by atoms with van der Waals surface area (Å²) in [6.45, 7) is -2.36. The molecule has 24 nitrogen and oxygen atoms in total. The van der Waals surface area contributed by atoms with Gasteiger partial charge in [-0.3, -0.25) is 27.5 Å².